The molecule has 2 aromatic heterocycles. The predicted octanol–water partition coefficient (Wildman–Crippen LogP) is 4.64. The van der Waals surface area contributed by atoms with E-state index in [4.69, 9.17) is 14.5 Å². The van der Waals surface area contributed by atoms with Crippen LogP contribution in [-0.2, 0) is 0 Å². The van der Waals surface area contributed by atoms with Crippen LogP contribution in [0.5, 0.6) is 28.7 Å². The predicted molar refractivity (Wildman–Crippen MR) is 126 cm³/mol. The Labute approximate surface area is 193 Å². The number of aromatic hydroxyl groups is 3. The molecular formula is C26H19N3O5. The molecule has 3 aromatic carbocycles. The molecule has 0 saturated carbocycles. The van der Waals surface area contributed by atoms with Crippen molar-refractivity contribution in [3.63, 3.8) is 0 Å². The molecule has 0 spiro atoms. The van der Waals surface area contributed by atoms with E-state index in [0.717, 1.165) is 5.69 Å². The molecular weight excluding hydrogens is 434 g/mol. The molecule has 0 aliphatic carbocycles. The van der Waals surface area contributed by atoms with E-state index < -0.39 is 0 Å². The second-order valence-corrected chi connectivity index (χ2v) is 7.88. The first-order chi connectivity index (χ1) is 16.6. The number of hydrogen-bond acceptors (Lipinski definition) is 7. The van der Waals surface area contributed by atoms with E-state index in [1.54, 1.807) is 42.6 Å². The minimum Gasteiger partial charge on any atom is -0.508 e. The van der Waals surface area contributed by atoms with Crippen molar-refractivity contribution in [2.45, 2.75) is 0 Å². The molecule has 6 rings (SSSR count). The number of phenolic OH excluding ortho intramolecular Hbond substituents is 3. The number of rotatable bonds is 3. The molecule has 34 heavy (non-hydrogen) atoms. The Morgan fingerprint density at radius 3 is 2.44 bits per heavy atom. The third-order valence-corrected chi connectivity index (χ3v) is 5.71. The molecule has 8 nitrogen and oxygen atoms in total. The van der Waals surface area contributed by atoms with Crippen LogP contribution in [0.4, 0.5) is 0 Å². The van der Waals surface area contributed by atoms with Gasteiger partial charge in [-0.2, -0.15) is 0 Å². The molecule has 3 heterocycles. The Hall–Kier alpha value is -4.72. The highest BCUT2D eigenvalue weighted by Gasteiger charge is 2.22. The second kappa shape index (κ2) is 7.70. The minimum atomic E-state index is -0.143. The number of nitrogens with zero attached hydrogens (tertiary/aromatic N) is 3. The van der Waals surface area contributed by atoms with Gasteiger partial charge in [-0.1, -0.05) is 12.1 Å². The van der Waals surface area contributed by atoms with Crippen molar-refractivity contribution in [3.8, 4) is 56.9 Å². The summed E-state index contributed by atoms with van der Waals surface area (Å²) in [5.41, 5.74) is 3.39. The molecule has 5 aromatic rings. The highest BCUT2D eigenvalue weighted by molar-refractivity contribution is 5.85. The van der Waals surface area contributed by atoms with Crippen LogP contribution >= 0.6 is 0 Å². The van der Waals surface area contributed by atoms with E-state index in [2.05, 4.69) is 4.98 Å². The Kier molecular flexibility index (Phi) is 4.51. The van der Waals surface area contributed by atoms with Crippen LogP contribution in [0.15, 0.2) is 72.9 Å². The number of imidazole rings is 1. The maximum absolute atomic E-state index is 10.8. The minimum absolute atomic E-state index is 0.0687. The topological polar surface area (TPSA) is 110 Å². The summed E-state index contributed by atoms with van der Waals surface area (Å²) in [7, 11) is 0. The normalized spacial score (nSPS) is 12.7. The summed E-state index contributed by atoms with van der Waals surface area (Å²) in [4.78, 5) is 9.27. The molecule has 168 valence electrons. The first kappa shape index (κ1) is 19.9. The number of pyridine rings is 1. The van der Waals surface area contributed by atoms with Crippen LogP contribution in [-0.4, -0.2) is 43.1 Å². The molecule has 0 amide bonds. The van der Waals surface area contributed by atoms with Gasteiger partial charge in [0, 0.05) is 23.9 Å². The molecule has 3 N–H and O–H groups in total. The summed E-state index contributed by atoms with van der Waals surface area (Å²) < 4.78 is 13.2. The molecule has 8 heteroatoms. The highest BCUT2D eigenvalue weighted by atomic mass is 16.6. The fraction of sp³-hybridized carbons (Fsp3) is 0.0769. The van der Waals surface area contributed by atoms with E-state index in [1.165, 1.54) is 6.07 Å². The Morgan fingerprint density at radius 1 is 0.765 bits per heavy atom. The Bertz CT molecular complexity index is 1560. The average molecular weight is 453 g/mol. The van der Waals surface area contributed by atoms with Crippen molar-refractivity contribution in [1.29, 1.82) is 0 Å². The summed E-state index contributed by atoms with van der Waals surface area (Å²) in [6.45, 7) is 0.949. The van der Waals surface area contributed by atoms with Gasteiger partial charge in [0.15, 0.2) is 23.0 Å². The number of aromatic nitrogens is 3. The Morgan fingerprint density at radius 2 is 1.59 bits per heavy atom. The first-order valence-electron chi connectivity index (χ1n) is 10.7. The average Bonchev–Trinajstić information content (AvgIpc) is 3.23. The number of phenols is 3. The summed E-state index contributed by atoms with van der Waals surface area (Å²) in [6, 6.07) is 18.7. The van der Waals surface area contributed by atoms with Gasteiger partial charge >= 0.3 is 0 Å². The lowest BCUT2D eigenvalue weighted by molar-refractivity contribution is 0.171. The van der Waals surface area contributed by atoms with Gasteiger partial charge in [0.1, 0.15) is 36.0 Å². The number of benzene rings is 3. The molecule has 0 saturated heterocycles. The fourth-order valence-electron chi connectivity index (χ4n) is 4.17. The van der Waals surface area contributed by atoms with Crippen LogP contribution in [0.1, 0.15) is 0 Å². The molecule has 0 atom stereocenters. The molecule has 0 unspecified atom stereocenters. The SMILES string of the molecule is Oc1cccc(-c2cc(-c3nc4cccnc4n3-c3ccc4c(c3)OCCO4)c(O)cc2O)c1. The number of hydrogen-bond donors (Lipinski definition) is 3. The summed E-state index contributed by atoms with van der Waals surface area (Å²) >= 11 is 0. The maximum Gasteiger partial charge on any atom is 0.164 e. The third kappa shape index (κ3) is 3.24. The van der Waals surface area contributed by atoms with Gasteiger partial charge in [0.2, 0.25) is 0 Å². The van der Waals surface area contributed by atoms with Gasteiger partial charge in [-0.25, -0.2) is 9.97 Å². The lowest BCUT2D eigenvalue weighted by Crippen LogP contribution is -2.15. The van der Waals surface area contributed by atoms with Crippen molar-refractivity contribution in [2.24, 2.45) is 0 Å². The van der Waals surface area contributed by atoms with Crippen LogP contribution in [0.25, 0.3) is 39.4 Å². The van der Waals surface area contributed by atoms with Crippen LogP contribution < -0.4 is 9.47 Å². The van der Waals surface area contributed by atoms with Crippen molar-refractivity contribution in [1.82, 2.24) is 14.5 Å². The van der Waals surface area contributed by atoms with Crippen molar-refractivity contribution < 1.29 is 24.8 Å². The fourth-order valence-corrected chi connectivity index (χ4v) is 4.17. The standard InChI is InChI=1S/C26H19N3O5/c30-17-4-1-3-15(11-17)18-13-19(22(32)14-21(18)31)25-28-20-5-2-8-27-26(20)29(25)16-6-7-23-24(12-16)34-10-9-33-23/h1-8,11-14,30-32H,9-10H2. The van der Waals surface area contributed by atoms with Gasteiger partial charge in [-0.3, -0.25) is 4.57 Å². The molecule has 0 fully saturated rings. The van der Waals surface area contributed by atoms with Crippen LogP contribution in [0, 0.1) is 0 Å². The van der Waals surface area contributed by atoms with E-state index in [1.807, 2.05) is 28.8 Å². The van der Waals surface area contributed by atoms with Crippen LogP contribution in [0.3, 0.4) is 0 Å². The van der Waals surface area contributed by atoms with Crippen molar-refractivity contribution in [3.05, 3.63) is 72.9 Å². The van der Waals surface area contributed by atoms with Gasteiger partial charge < -0.3 is 24.8 Å². The quantitative estimate of drug-likeness (QED) is 0.365. The lowest BCUT2D eigenvalue weighted by Gasteiger charge is -2.19. The summed E-state index contributed by atoms with van der Waals surface area (Å²) in [5.74, 6) is 1.52. The van der Waals surface area contributed by atoms with Gasteiger partial charge in [0.25, 0.3) is 0 Å². The number of ether oxygens (including phenoxy) is 2. The van der Waals surface area contributed by atoms with E-state index >= 15 is 0 Å². The molecule has 1 aliphatic heterocycles. The van der Waals surface area contributed by atoms with E-state index in [-0.39, 0.29) is 17.2 Å². The largest absolute Gasteiger partial charge is 0.508 e. The van der Waals surface area contributed by atoms with Crippen molar-refractivity contribution in [2.75, 3.05) is 13.2 Å². The molecule has 0 bridgehead atoms. The van der Waals surface area contributed by atoms with Gasteiger partial charge in [-0.05, 0) is 48.0 Å². The zero-order chi connectivity index (χ0) is 23.2. The monoisotopic (exact) mass is 453 g/mol. The second-order valence-electron chi connectivity index (χ2n) is 7.88. The number of fused-ring (bicyclic) bond motifs is 2. The van der Waals surface area contributed by atoms with Crippen molar-refractivity contribution >= 4 is 11.2 Å². The smallest absolute Gasteiger partial charge is 0.164 e. The van der Waals surface area contributed by atoms with E-state index in [0.29, 0.717) is 58.4 Å². The molecule has 1 aliphatic rings. The summed E-state index contributed by atoms with van der Waals surface area (Å²) in [5, 5.41) is 31.3. The highest BCUT2D eigenvalue weighted by Crippen LogP contribution is 2.42. The lowest BCUT2D eigenvalue weighted by atomic mass is 10.0. The zero-order valence-corrected chi connectivity index (χ0v) is 17.8. The third-order valence-electron chi connectivity index (χ3n) is 5.71. The zero-order valence-electron chi connectivity index (χ0n) is 17.8. The maximum atomic E-state index is 10.8. The van der Waals surface area contributed by atoms with Gasteiger partial charge in [0.05, 0.1) is 11.3 Å². The summed E-state index contributed by atoms with van der Waals surface area (Å²) in [6.07, 6.45) is 1.68. The molecule has 0 radical (unpaired) electrons. The van der Waals surface area contributed by atoms with E-state index in [9.17, 15) is 15.3 Å². The van der Waals surface area contributed by atoms with Crippen LogP contribution in [0.2, 0.25) is 0 Å². The van der Waals surface area contributed by atoms with Gasteiger partial charge in [-0.15, -0.1) is 0 Å². The first-order valence-corrected chi connectivity index (χ1v) is 10.7. The Balaban J connectivity index is 1.60.